The highest BCUT2D eigenvalue weighted by atomic mass is 16.4. The van der Waals surface area contributed by atoms with Crippen LogP contribution in [0.5, 0.6) is 0 Å². The number of nitrogens with one attached hydrogen (secondary N) is 1. The molecule has 0 radical (unpaired) electrons. The Hall–Kier alpha value is -2.95. The number of fused-ring (bicyclic) bond motifs is 1. The van der Waals surface area contributed by atoms with Gasteiger partial charge in [0.15, 0.2) is 5.58 Å². The number of hydrazone groups is 1. The summed E-state index contributed by atoms with van der Waals surface area (Å²) in [5.74, 6) is -0.186. The first kappa shape index (κ1) is 12.1. The fraction of sp³-hybridized carbons (Fsp3) is 0. The van der Waals surface area contributed by atoms with Crippen LogP contribution in [0.4, 0.5) is 6.01 Å². The second kappa shape index (κ2) is 5.36. The largest absolute Gasteiger partial charge is 0.422 e. The molecule has 0 fully saturated rings. The lowest BCUT2D eigenvalue weighted by Gasteiger charge is -1.94. The van der Waals surface area contributed by atoms with Gasteiger partial charge in [-0.1, -0.05) is 42.5 Å². The van der Waals surface area contributed by atoms with Crippen LogP contribution in [0.15, 0.2) is 64.1 Å². The average molecular weight is 265 g/mol. The minimum Gasteiger partial charge on any atom is -0.422 e. The van der Waals surface area contributed by atoms with Gasteiger partial charge in [-0.3, -0.25) is 4.79 Å². The van der Waals surface area contributed by atoms with E-state index >= 15 is 0 Å². The Labute approximate surface area is 114 Å². The molecular weight excluding hydrogens is 254 g/mol. The first-order valence-electron chi connectivity index (χ1n) is 6.07. The number of carbonyl (C=O) groups is 1. The molecular formula is C15H11N3O2. The minimum atomic E-state index is -0.186. The topological polar surface area (TPSA) is 67.5 Å². The molecule has 0 bridgehead atoms. The van der Waals surface area contributed by atoms with E-state index in [1.165, 1.54) is 6.21 Å². The maximum Gasteiger partial charge on any atom is 0.316 e. The van der Waals surface area contributed by atoms with E-state index in [1.807, 2.05) is 30.3 Å². The highest BCUT2D eigenvalue weighted by molar-refractivity contribution is 6.35. The van der Waals surface area contributed by atoms with Crippen molar-refractivity contribution in [3.05, 3.63) is 60.2 Å². The summed E-state index contributed by atoms with van der Waals surface area (Å²) in [6, 6.07) is 16.5. The van der Waals surface area contributed by atoms with Crippen molar-refractivity contribution in [1.82, 2.24) is 4.98 Å². The van der Waals surface area contributed by atoms with Crippen molar-refractivity contribution >= 4 is 29.1 Å². The summed E-state index contributed by atoms with van der Waals surface area (Å²) >= 11 is 0. The van der Waals surface area contributed by atoms with Gasteiger partial charge in [-0.15, -0.1) is 0 Å². The summed E-state index contributed by atoms with van der Waals surface area (Å²) in [5.41, 5.74) is 4.59. The van der Waals surface area contributed by atoms with Crippen molar-refractivity contribution in [2.24, 2.45) is 5.10 Å². The van der Waals surface area contributed by atoms with E-state index in [0.717, 1.165) is 5.52 Å². The minimum absolute atomic E-state index is 0.186. The molecule has 1 N–H and O–H groups in total. The first-order valence-corrected chi connectivity index (χ1v) is 6.07. The molecule has 2 aromatic carbocycles. The number of benzene rings is 2. The Morgan fingerprint density at radius 2 is 1.85 bits per heavy atom. The van der Waals surface area contributed by atoms with Crippen LogP contribution in [-0.4, -0.2) is 17.0 Å². The molecule has 0 atom stereocenters. The first-order chi connectivity index (χ1) is 9.83. The van der Waals surface area contributed by atoms with E-state index in [0.29, 0.717) is 11.1 Å². The molecule has 98 valence electrons. The maximum absolute atomic E-state index is 11.8. The average Bonchev–Trinajstić information content (AvgIpc) is 2.90. The molecule has 0 saturated carbocycles. The van der Waals surface area contributed by atoms with E-state index in [1.54, 1.807) is 24.3 Å². The zero-order chi connectivity index (χ0) is 13.8. The number of oxazole rings is 1. The molecule has 0 saturated heterocycles. The summed E-state index contributed by atoms with van der Waals surface area (Å²) in [6.07, 6.45) is 1.20. The molecule has 5 heteroatoms. The molecule has 20 heavy (non-hydrogen) atoms. The van der Waals surface area contributed by atoms with Gasteiger partial charge in [0.05, 0.1) is 6.21 Å². The summed E-state index contributed by atoms with van der Waals surface area (Å²) in [7, 11) is 0. The van der Waals surface area contributed by atoms with Gasteiger partial charge in [-0.25, -0.2) is 5.43 Å². The van der Waals surface area contributed by atoms with Crippen LogP contribution >= 0.6 is 0 Å². The molecule has 0 aliphatic rings. The lowest BCUT2D eigenvalue weighted by molar-refractivity contribution is 0.107. The van der Waals surface area contributed by atoms with E-state index in [-0.39, 0.29) is 11.8 Å². The van der Waals surface area contributed by atoms with Gasteiger partial charge in [-0.2, -0.15) is 10.1 Å². The highest BCUT2D eigenvalue weighted by Crippen LogP contribution is 2.17. The van der Waals surface area contributed by atoms with E-state index in [2.05, 4.69) is 15.5 Å². The number of aromatic nitrogens is 1. The standard InChI is InChI=1S/C15H11N3O2/c19-13(11-6-2-1-3-7-11)10-16-18-15-17-12-8-4-5-9-14(12)20-15/h1-10H,(H,17,18)/b16-10+. The Kier molecular flexibility index (Phi) is 3.24. The summed E-state index contributed by atoms with van der Waals surface area (Å²) < 4.78 is 5.41. The monoisotopic (exact) mass is 265 g/mol. The third-order valence-corrected chi connectivity index (χ3v) is 2.69. The normalized spacial score (nSPS) is 11.0. The van der Waals surface area contributed by atoms with Gasteiger partial charge >= 0.3 is 6.01 Å². The number of ketones is 1. The zero-order valence-electron chi connectivity index (χ0n) is 10.5. The predicted molar refractivity (Wildman–Crippen MR) is 76.9 cm³/mol. The van der Waals surface area contributed by atoms with E-state index in [9.17, 15) is 4.79 Å². The van der Waals surface area contributed by atoms with Gasteiger partial charge < -0.3 is 4.42 Å². The van der Waals surface area contributed by atoms with Crippen LogP contribution in [0.2, 0.25) is 0 Å². The van der Waals surface area contributed by atoms with Crippen LogP contribution in [0.25, 0.3) is 11.1 Å². The lowest BCUT2D eigenvalue weighted by atomic mass is 10.1. The molecule has 0 amide bonds. The number of para-hydroxylation sites is 2. The summed E-state index contributed by atoms with van der Waals surface area (Å²) in [6.45, 7) is 0. The van der Waals surface area contributed by atoms with Gasteiger partial charge in [0.1, 0.15) is 5.52 Å². The van der Waals surface area contributed by atoms with Crippen molar-refractivity contribution in [2.45, 2.75) is 0 Å². The second-order valence-electron chi connectivity index (χ2n) is 4.09. The van der Waals surface area contributed by atoms with Gasteiger partial charge in [-0.05, 0) is 12.1 Å². The Balaban J connectivity index is 1.70. The molecule has 1 heterocycles. The quantitative estimate of drug-likeness (QED) is 0.447. The van der Waals surface area contributed by atoms with Crippen molar-refractivity contribution in [2.75, 3.05) is 5.43 Å². The van der Waals surface area contributed by atoms with Crippen LogP contribution < -0.4 is 5.43 Å². The fourth-order valence-electron chi connectivity index (χ4n) is 1.74. The highest BCUT2D eigenvalue weighted by Gasteiger charge is 2.04. The molecule has 3 rings (SSSR count). The van der Waals surface area contributed by atoms with Crippen LogP contribution in [0.1, 0.15) is 10.4 Å². The van der Waals surface area contributed by atoms with Gasteiger partial charge in [0, 0.05) is 5.56 Å². The second-order valence-corrected chi connectivity index (χ2v) is 4.09. The molecule has 0 unspecified atom stereocenters. The van der Waals surface area contributed by atoms with Crippen molar-refractivity contribution in [3.63, 3.8) is 0 Å². The molecule has 0 aliphatic carbocycles. The van der Waals surface area contributed by atoms with Crippen molar-refractivity contribution < 1.29 is 9.21 Å². The van der Waals surface area contributed by atoms with Gasteiger partial charge in [0.2, 0.25) is 5.78 Å². The van der Waals surface area contributed by atoms with Gasteiger partial charge in [0.25, 0.3) is 0 Å². The molecule has 5 nitrogen and oxygen atoms in total. The third-order valence-electron chi connectivity index (χ3n) is 2.69. The Morgan fingerprint density at radius 3 is 2.65 bits per heavy atom. The number of nitrogens with zero attached hydrogens (tertiary/aromatic N) is 2. The lowest BCUT2D eigenvalue weighted by Crippen LogP contribution is -2.01. The van der Waals surface area contributed by atoms with Crippen LogP contribution in [0, 0.1) is 0 Å². The number of anilines is 1. The molecule has 3 aromatic rings. The number of hydrogen-bond donors (Lipinski definition) is 1. The SMILES string of the molecule is O=C(/C=N/Nc1nc2ccccc2o1)c1ccccc1. The zero-order valence-corrected chi connectivity index (χ0v) is 10.5. The number of Topliss-reactive ketones (excluding diaryl/α,β-unsaturated/α-hetero) is 1. The number of hydrogen-bond acceptors (Lipinski definition) is 5. The Morgan fingerprint density at radius 1 is 1.10 bits per heavy atom. The smallest absolute Gasteiger partial charge is 0.316 e. The Bertz CT molecular complexity index is 730. The van der Waals surface area contributed by atoms with Crippen molar-refractivity contribution in [3.8, 4) is 0 Å². The fourth-order valence-corrected chi connectivity index (χ4v) is 1.74. The van der Waals surface area contributed by atoms with E-state index in [4.69, 9.17) is 4.42 Å². The molecule has 0 aliphatic heterocycles. The summed E-state index contributed by atoms with van der Waals surface area (Å²) in [5, 5.41) is 3.83. The number of rotatable bonds is 4. The molecule has 0 spiro atoms. The molecule has 1 aromatic heterocycles. The van der Waals surface area contributed by atoms with E-state index < -0.39 is 0 Å². The predicted octanol–water partition coefficient (Wildman–Crippen LogP) is 3.11. The van der Waals surface area contributed by atoms with Crippen LogP contribution in [-0.2, 0) is 0 Å². The number of carbonyl (C=O) groups excluding carboxylic acids is 1. The van der Waals surface area contributed by atoms with Crippen LogP contribution in [0.3, 0.4) is 0 Å². The third kappa shape index (κ3) is 2.56. The van der Waals surface area contributed by atoms with Crippen molar-refractivity contribution in [1.29, 1.82) is 0 Å². The summed E-state index contributed by atoms with van der Waals surface area (Å²) in [4.78, 5) is 15.9. The maximum atomic E-state index is 11.8.